The maximum Gasteiger partial charge on any atom is 0.191 e. The van der Waals surface area contributed by atoms with Crippen LogP contribution in [-0.4, -0.2) is 14.8 Å². The van der Waals surface area contributed by atoms with Gasteiger partial charge in [-0.05, 0) is 34.3 Å². The molecular formula is C9H10BrN3S2. The van der Waals surface area contributed by atoms with Crippen LogP contribution in [0.2, 0.25) is 0 Å². The number of halogens is 1. The molecular weight excluding hydrogens is 294 g/mol. The van der Waals surface area contributed by atoms with Gasteiger partial charge in [0.05, 0.1) is 0 Å². The van der Waals surface area contributed by atoms with Crippen molar-refractivity contribution >= 4 is 39.0 Å². The summed E-state index contributed by atoms with van der Waals surface area (Å²) in [6, 6.07) is 2.07. The molecule has 0 aliphatic heterocycles. The summed E-state index contributed by atoms with van der Waals surface area (Å²) in [7, 11) is 1.99. The maximum absolute atomic E-state index is 4.11. The van der Waals surface area contributed by atoms with E-state index in [1.54, 1.807) is 23.1 Å². The van der Waals surface area contributed by atoms with Gasteiger partial charge < -0.3 is 4.57 Å². The van der Waals surface area contributed by atoms with Crippen LogP contribution in [0.3, 0.4) is 0 Å². The zero-order chi connectivity index (χ0) is 10.8. The fourth-order valence-electron chi connectivity index (χ4n) is 1.07. The Balaban J connectivity index is 2.05. The molecule has 0 radical (unpaired) electrons. The first kappa shape index (κ1) is 11.2. The summed E-state index contributed by atoms with van der Waals surface area (Å²) in [4.78, 5) is 1.33. The van der Waals surface area contributed by atoms with Gasteiger partial charge in [-0.2, -0.15) is 0 Å². The molecule has 0 aliphatic carbocycles. The van der Waals surface area contributed by atoms with Crippen LogP contribution in [0.4, 0.5) is 0 Å². The number of thioether (sulfide) groups is 1. The van der Waals surface area contributed by atoms with E-state index in [1.807, 2.05) is 18.5 Å². The van der Waals surface area contributed by atoms with Crippen molar-refractivity contribution < 1.29 is 0 Å². The highest BCUT2D eigenvalue weighted by Crippen LogP contribution is 2.29. The molecule has 0 fully saturated rings. The van der Waals surface area contributed by atoms with Crippen LogP contribution in [0.15, 0.2) is 21.1 Å². The minimum Gasteiger partial charge on any atom is -0.309 e. The standard InChI is InChI=1S/C9H10BrN3S2/c1-6-11-12-9(13(6)2)15-5-8-7(10)3-4-14-8/h3-4H,5H2,1-2H3. The van der Waals surface area contributed by atoms with Gasteiger partial charge in [0.25, 0.3) is 0 Å². The lowest BCUT2D eigenvalue weighted by atomic mass is 10.5. The molecule has 0 bridgehead atoms. The zero-order valence-electron chi connectivity index (χ0n) is 8.40. The fourth-order valence-corrected chi connectivity index (χ4v) is 3.82. The van der Waals surface area contributed by atoms with E-state index in [9.17, 15) is 0 Å². The molecule has 0 saturated carbocycles. The second-order valence-electron chi connectivity index (χ2n) is 3.07. The molecule has 2 rings (SSSR count). The van der Waals surface area contributed by atoms with Gasteiger partial charge >= 0.3 is 0 Å². The Labute approximate surface area is 105 Å². The number of aromatic nitrogens is 3. The first-order valence-corrected chi connectivity index (χ1v) is 7.05. The molecule has 15 heavy (non-hydrogen) atoms. The molecule has 6 heteroatoms. The quantitative estimate of drug-likeness (QED) is 0.816. The molecule has 0 spiro atoms. The van der Waals surface area contributed by atoms with Crippen molar-refractivity contribution in [2.75, 3.05) is 0 Å². The summed E-state index contributed by atoms with van der Waals surface area (Å²) in [5.41, 5.74) is 0. The van der Waals surface area contributed by atoms with Crippen molar-refractivity contribution in [3.8, 4) is 0 Å². The lowest BCUT2D eigenvalue weighted by Gasteiger charge is -2.00. The number of nitrogens with zero attached hydrogens (tertiary/aromatic N) is 3. The molecule has 0 unspecified atom stereocenters. The third-order valence-corrected chi connectivity index (χ3v) is 5.23. The normalized spacial score (nSPS) is 10.9. The number of rotatable bonds is 3. The molecule has 80 valence electrons. The molecule has 0 aromatic carbocycles. The summed E-state index contributed by atoms with van der Waals surface area (Å²) in [6.07, 6.45) is 0. The van der Waals surface area contributed by atoms with E-state index < -0.39 is 0 Å². The summed E-state index contributed by atoms with van der Waals surface area (Å²) in [5, 5.41) is 11.2. The Kier molecular flexibility index (Phi) is 3.48. The molecule has 0 amide bonds. The van der Waals surface area contributed by atoms with E-state index in [-0.39, 0.29) is 0 Å². The van der Waals surface area contributed by atoms with Gasteiger partial charge in [-0.15, -0.1) is 21.5 Å². The summed E-state index contributed by atoms with van der Waals surface area (Å²) < 4.78 is 3.19. The minimum absolute atomic E-state index is 0.935. The predicted octanol–water partition coefficient (Wildman–Crippen LogP) is 3.24. The van der Waals surface area contributed by atoms with Gasteiger partial charge in [0.15, 0.2) is 5.16 Å². The number of hydrogen-bond donors (Lipinski definition) is 0. The van der Waals surface area contributed by atoms with Crippen LogP contribution in [0, 0.1) is 6.92 Å². The number of thiophene rings is 1. The highest BCUT2D eigenvalue weighted by atomic mass is 79.9. The second-order valence-corrected chi connectivity index (χ2v) is 5.87. The van der Waals surface area contributed by atoms with Gasteiger partial charge in [0.1, 0.15) is 5.82 Å². The second kappa shape index (κ2) is 4.67. The summed E-state index contributed by atoms with van der Waals surface area (Å²) in [6.45, 7) is 1.96. The molecule has 0 atom stereocenters. The Hall–Kier alpha value is -0.330. The van der Waals surface area contributed by atoms with Crippen LogP contribution in [-0.2, 0) is 12.8 Å². The smallest absolute Gasteiger partial charge is 0.191 e. The van der Waals surface area contributed by atoms with Crippen molar-refractivity contribution in [2.24, 2.45) is 7.05 Å². The van der Waals surface area contributed by atoms with Gasteiger partial charge in [0.2, 0.25) is 0 Å². The monoisotopic (exact) mass is 303 g/mol. The van der Waals surface area contributed by atoms with E-state index >= 15 is 0 Å². The van der Waals surface area contributed by atoms with Crippen molar-refractivity contribution in [1.82, 2.24) is 14.8 Å². The molecule has 3 nitrogen and oxygen atoms in total. The van der Waals surface area contributed by atoms with Gasteiger partial charge in [-0.1, -0.05) is 11.8 Å². The van der Waals surface area contributed by atoms with Crippen molar-refractivity contribution in [2.45, 2.75) is 17.8 Å². The van der Waals surface area contributed by atoms with Gasteiger partial charge in [0, 0.05) is 22.2 Å². The zero-order valence-corrected chi connectivity index (χ0v) is 11.6. The first-order valence-electron chi connectivity index (χ1n) is 4.39. The van der Waals surface area contributed by atoms with Crippen LogP contribution < -0.4 is 0 Å². The SMILES string of the molecule is Cc1nnc(SCc2sccc2Br)n1C. The predicted molar refractivity (Wildman–Crippen MR) is 67.3 cm³/mol. The Morgan fingerprint density at radius 1 is 1.53 bits per heavy atom. The minimum atomic E-state index is 0.935. The van der Waals surface area contributed by atoms with Crippen molar-refractivity contribution in [3.05, 3.63) is 26.6 Å². The molecule has 2 heterocycles. The van der Waals surface area contributed by atoms with Crippen LogP contribution in [0.1, 0.15) is 10.7 Å². The maximum atomic E-state index is 4.11. The topological polar surface area (TPSA) is 30.7 Å². The highest BCUT2D eigenvalue weighted by Gasteiger charge is 2.07. The Morgan fingerprint density at radius 2 is 2.33 bits per heavy atom. The van der Waals surface area contributed by atoms with Gasteiger partial charge in [-0.3, -0.25) is 0 Å². The Morgan fingerprint density at radius 3 is 2.87 bits per heavy atom. The fraction of sp³-hybridized carbons (Fsp3) is 0.333. The third kappa shape index (κ3) is 2.43. The molecule has 0 aliphatic rings. The van der Waals surface area contributed by atoms with Crippen molar-refractivity contribution in [1.29, 1.82) is 0 Å². The lowest BCUT2D eigenvalue weighted by molar-refractivity contribution is 0.765. The molecule has 0 N–H and O–H groups in total. The molecule has 2 aromatic rings. The third-order valence-electron chi connectivity index (χ3n) is 2.08. The molecule has 2 aromatic heterocycles. The lowest BCUT2D eigenvalue weighted by Crippen LogP contribution is -1.93. The average molecular weight is 304 g/mol. The number of hydrogen-bond acceptors (Lipinski definition) is 4. The highest BCUT2D eigenvalue weighted by molar-refractivity contribution is 9.10. The average Bonchev–Trinajstić information content (AvgIpc) is 2.74. The van der Waals surface area contributed by atoms with Gasteiger partial charge in [-0.25, -0.2) is 0 Å². The van der Waals surface area contributed by atoms with Crippen LogP contribution in [0.25, 0.3) is 0 Å². The Bertz CT molecular complexity index is 464. The molecule has 0 saturated heterocycles. The van der Waals surface area contributed by atoms with E-state index in [2.05, 4.69) is 37.6 Å². The van der Waals surface area contributed by atoms with Crippen LogP contribution in [0.5, 0.6) is 0 Å². The van der Waals surface area contributed by atoms with Crippen molar-refractivity contribution in [3.63, 3.8) is 0 Å². The van der Waals surface area contributed by atoms with E-state index in [4.69, 9.17) is 0 Å². The summed E-state index contributed by atoms with van der Waals surface area (Å²) >= 11 is 6.98. The number of aryl methyl sites for hydroxylation is 1. The first-order chi connectivity index (χ1) is 7.18. The van der Waals surface area contributed by atoms with E-state index in [1.165, 1.54) is 9.35 Å². The summed E-state index contributed by atoms with van der Waals surface area (Å²) in [5.74, 6) is 1.88. The largest absolute Gasteiger partial charge is 0.309 e. The van der Waals surface area contributed by atoms with Crippen LogP contribution >= 0.6 is 39.0 Å². The van der Waals surface area contributed by atoms with E-state index in [0.29, 0.717) is 0 Å². The van der Waals surface area contributed by atoms with E-state index in [0.717, 1.165) is 16.7 Å².